The highest BCUT2D eigenvalue weighted by Crippen LogP contribution is 2.18. The van der Waals surface area contributed by atoms with Crippen molar-refractivity contribution in [3.63, 3.8) is 0 Å². The first-order valence-electron chi connectivity index (χ1n) is 8.93. The lowest BCUT2D eigenvalue weighted by Crippen LogP contribution is -2.23. The molecule has 3 aromatic rings. The molecule has 8 nitrogen and oxygen atoms in total. The average Bonchev–Trinajstić information content (AvgIpc) is 3.08. The molecule has 0 bridgehead atoms. The molecule has 29 heavy (non-hydrogen) atoms. The fourth-order valence-electron chi connectivity index (χ4n) is 2.70. The van der Waals surface area contributed by atoms with E-state index in [2.05, 4.69) is 10.4 Å². The first-order valence-corrected chi connectivity index (χ1v) is 8.93. The molecule has 0 aliphatic carbocycles. The van der Waals surface area contributed by atoms with Crippen LogP contribution in [0.5, 0.6) is 5.88 Å². The number of ether oxygens (including phenoxy) is 1. The molecule has 0 atom stereocenters. The molecule has 1 amide bonds. The Labute approximate surface area is 167 Å². The van der Waals surface area contributed by atoms with Crippen molar-refractivity contribution >= 4 is 17.7 Å². The average molecular weight is 391 g/mol. The molecule has 8 heteroatoms. The maximum absolute atomic E-state index is 12.7. The van der Waals surface area contributed by atoms with Gasteiger partial charge in [-0.2, -0.15) is 0 Å². The minimum absolute atomic E-state index is 0.0163. The van der Waals surface area contributed by atoms with Gasteiger partial charge in [-0.25, -0.2) is 0 Å². The molecule has 0 spiro atoms. The second kappa shape index (κ2) is 8.83. The molecule has 148 valence electrons. The van der Waals surface area contributed by atoms with Crippen LogP contribution in [-0.4, -0.2) is 27.5 Å². The summed E-state index contributed by atoms with van der Waals surface area (Å²) < 4.78 is 6.67. The van der Waals surface area contributed by atoms with E-state index >= 15 is 0 Å². The Balaban J connectivity index is 1.73. The monoisotopic (exact) mass is 391 g/mol. The predicted molar refractivity (Wildman–Crippen MR) is 108 cm³/mol. The van der Waals surface area contributed by atoms with E-state index in [1.54, 1.807) is 35.1 Å². The summed E-state index contributed by atoms with van der Waals surface area (Å²) >= 11 is 0. The van der Waals surface area contributed by atoms with Gasteiger partial charge in [-0.05, 0) is 11.1 Å². The number of amides is 1. The molecular weight excluding hydrogens is 370 g/mol. The van der Waals surface area contributed by atoms with E-state index < -0.39 is 11.9 Å². The first-order chi connectivity index (χ1) is 13.9. The maximum Gasteiger partial charge on any atom is 0.309 e. The summed E-state index contributed by atoms with van der Waals surface area (Å²) in [5.41, 5.74) is 8.07. The predicted octanol–water partition coefficient (Wildman–Crippen LogP) is 2.07. The van der Waals surface area contributed by atoms with Gasteiger partial charge in [-0.1, -0.05) is 54.6 Å². The van der Waals surface area contributed by atoms with Crippen molar-refractivity contribution in [2.45, 2.75) is 20.0 Å². The number of carbonyl (C=O) groups is 2. The van der Waals surface area contributed by atoms with Crippen molar-refractivity contribution in [2.24, 2.45) is 5.73 Å². The van der Waals surface area contributed by atoms with Crippen LogP contribution in [0, 0.1) is 5.41 Å². The van der Waals surface area contributed by atoms with Crippen LogP contribution in [-0.2, 0) is 17.9 Å². The SMILES string of the molecule is CC(=O)Oc1nn(Cc2ccccc2)cc1C(=O)NCc1ccc(C(=N)N)cc1. The summed E-state index contributed by atoms with van der Waals surface area (Å²) in [5, 5.41) is 14.4. The minimum Gasteiger partial charge on any atom is -0.405 e. The number of nitrogens with two attached hydrogens (primary N) is 1. The van der Waals surface area contributed by atoms with Gasteiger partial charge >= 0.3 is 5.97 Å². The lowest BCUT2D eigenvalue weighted by molar-refractivity contribution is -0.132. The third-order valence-electron chi connectivity index (χ3n) is 4.12. The van der Waals surface area contributed by atoms with E-state index in [9.17, 15) is 9.59 Å². The highest BCUT2D eigenvalue weighted by Gasteiger charge is 2.19. The third kappa shape index (κ3) is 5.29. The zero-order chi connectivity index (χ0) is 20.8. The van der Waals surface area contributed by atoms with Gasteiger partial charge in [0.25, 0.3) is 11.8 Å². The number of nitrogen functional groups attached to an aromatic ring is 1. The van der Waals surface area contributed by atoms with E-state index in [4.69, 9.17) is 15.9 Å². The Hall–Kier alpha value is -3.94. The summed E-state index contributed by atoms with van der Waals surface area (Å²) in [6.07, 6.45) is 1.56. The van der Waals surface area contributed by atoms with Crippen molar-refractivity contribution in [3.8, 4) is 5.88 Å². The summed E-state index contributed by atoms with van der Waals surface area (Å²) in [7, 11) is 0. The standard InChI is InChI=1S/C21H21N5O3/c1-14(27)29-21-18(13-26(25-21)12-16-5-3-2-4-6-16)20(28)24-11-15-7-9-17(10-8-15)19(22)23/h2-10,13H,11-12H2,1H3,(H3,22,23)(H,24,28). The van der Waals surface area contributed by atoms with Crippen LogP contribution < -0.4 is 15.8 Å². The van der Waals surface area contributed by atoms with Gasteiger partial charge in [-0.15, -0.1) is 5.10 Å². The second-order valence-corrected chi connectivity index (χ2v) is 6.42. The van der Waals surface area contributed by atoms with Crippen LogP contribution in [0.4, 0.5) is 0 Å². The number of aromatic nitrogens is 2. The summed E-state index contributed by atoms with van der Waals surface area (Å²) in [5.74, 6) is -1.00. The number of benzene rings is 2. The van der Waals surface area contributed by atoms with Gasteiger partial charge < -0.3 is 15.8 Å². The Bertz CT molecular complexity index is 1030. The number of amidine groups is 1. The lowest BCUT2D eigenvalue weighted by Gasteiger charge is -2.06. The van der Waals surface area contributed by atoms with Gasteiger partial charge in [0.2, 0.25) is 0 Å². The van der Waals surface area contributed by atoms with Gasteiger partial charge in [-0.3, -0.25) is 19.7 Å². The van der Waals surface area contributed by atoms with Crippen LogP contribution in [0.3, 0.4) is 0 Å². The molecule has 0 radical (unpaired) electrons. The second-order valence-electron chi connectivity index (χ2n) is 6.42. The quantitative estimate of drug-likeness (QED) is 0.323. The molecule has 0 saturated carbocycles. The number of nitrogens with one attached hydrogen (secondary N) is 2. The van der Waals surface area contributed by atoms with Crippen LogP contribution in [0.2, 0.25) is 0 Å². The van der Waals surface area contributed by atoms with Crippen molar-refractivity contribution in [2.75, 3.05) is 0 Å². The van der Waals surface area contributed by atoms with E-state index in [-0.39, 0.29) is 23.8 Å². The molecule has 0 aliphatic rings. The molecule has 0 saturated heterocycles. The van der Waals surface area contributed by atoms with Gasteiger partial charge in [0.05, 0.1) is 6.54 Å². The van der Waals surface area contributed by atoms with E-state index in [1.807, 2.05) is 30.3 Å². The van der Waals surface area contributed by atoms with Gasteiger partial charge in [0, 0.05) is 25.2 Å². The molecule has 1 heterocycles. The van der Waals surface area contributed by atoms with Crippen LogP contribution in [0.15, 0.2) is 60.8 Å². The fourth-order valence-corrected chi connectivity index (χ4v) is 2.70. The lowest BCUT2D eigenvalue weighted by atomic mass is 10.1. The molecule has 0 fully saturated rings. The molecular formula is C21H21N5O3. The van der Waals surface area contributed by atoms with Crippen molar-refractivity contribution in [3.05, 3.63) is 83.0 Å². The molecule has 4 N–H and O–H groups in total. The Morgan fingerprint density at radius 1 is 1.10 bits per heavy atom. The number of rotatable bonds is 7. The van der Waals surface area contributed by atoms with E-state index in [0.29, 0.717) is 12.1 Å². The van der Waals surface area contributed by atoms with Crippen molar-refractivity contribution in [1.82, 2.24) is 15.1 Å². The zero-order valence-electron chi connectivity index (χ0n) is 15.9. The minimum atomic E-state index is -0.552. The van der Waals surface area contributed by atoms with Crippen LogP contribution >= 0.6 is 0 Å². The number of nitrogens with zero attached hydrogens (tertiary/aromatic N) is 2. The van der Waals surface area contributed by atoms with E-state index in [0.717, 1.165) is 11.1 Å². The van der Waals surface area contributed by atoms with Crippen LogP contribution in [0.25, 0.3) is 0 Å². The summed E-state index contributed by atoms with van der Waals surface area (Å²) in [6, 6.07) is 16.6. The third-order valence-corrected chi connectivity index (χ3v) is 4.12. The molecule has 0 aliphatic heterocycles. The molecule has 3 rings (SSSR count). The topological polar surface area (TPSA) is 123 Å². The molecule has 0 unspecified atom stereocenters. The first kappa shape index (κ1) is 19.8. The Kier molecular flexibility index (Phi) is 6.03. The number of hydrogen-bond acceptors (Lipinski definition) is 5. The normalized spacial score (nSPS) is 10.4. The van der Waals surface area contributed by atoms with Crippen LogP contribution in [0.1, 0.15) is 34.0 Å². The highest BCUT2D eigenvalue weighted by atomic mass is 16.5. The van der Waals surface area contributed by atoms with Crippen molar-refractivity contribution < 1.29 is 14.3 Å². The van der Waals surface area contributed by atoms with Crippen molar-refractivity contribution in [1.29, 1.82) is 5.41 Å². The smallest absolute Gasteiger partial charge is 0.309 e. The summed E-state index contributed by atoms with van der Waals surface area (Å²) in [6.45, 7) is 1.96. The van der Waals surface area contributed by atoms with Gasteiger partial charge in [0.1, 0.15) is 11.4 Å². The van der Waals surface area contributed by atoms with Gasteiger partial charge in [0.15, 0.2) is 0 Å². The number of esters is 1. The maximum atomic E-state index is 12.7. The Morgan fingerprint density at radius 3 is 2.41 bits per heavy atom. The highest BCUT2D eigenvalue weighted by molar-refractivity contribution is 5.97. The Morgan fingerprint density at radius 2 is 1.79 bits per heavy atom. The molecule has 1 aromatic heterocycles. The van der Waals surface area contributed by atoms with E-state index in [1.165, 1.54) is 6.92 Å². The molecule has 2 aromatic carbocycles. The number of hydrogen-bond donors (Lipinski definition) is 3. The largest absolute Gasteiger partial charge is 0.405 e. The summed E-state index contributed by atoms with van der Waals surface area (Å²) in [4.78, 5) is 24.0. The number of carbonyl (C=O) groups excluding carboxylic acids is 2. The zero-order valence-corrected chi connectivity index (χ0v) is 15.9. The fraction of sp³-hybridized carbons (Fsp3) is 0.143.